The molecule has 0 fully saturated rings. The molecule has 0 spiro atoms. The second-order valence-electron chi connectivity index (χ2n) is 3.14. The number of hydrogen-bond acceptors (Lipinski definition) is 2. The van der Waals surface area contributed by atoms with Gasteiger partial charge in [0.05, 0.1) is 0 Å². The third-order valence-corrected chi connectivity index (χ3v) is 2.70. The minimum absolute atomic E-state index is 0.340. The lowest BCUT2D eigenvalue weighted by molar-refractivity contribution is 1.26. The lowest BCUT2D eigenvalue weighted by Crippen LogP contribution is -1.88. The smallest absolute Gasteiger partial charge is 0.148 e. The van der Waals surface area contributed by atoms with Crippen molar-refractivity contribution in [3.05, 3.63) is 52.3 Å². The summed E-state index contributed by atoms with van der Waals surface area (Å²) in [6, 6.07) is 10.7. The molecule has 0 aliphatic rings. The Kier molecular flexibility index (Phi) is 3.09. The third kappa shape index (κ3) is 2.01. The SMILES string of the molecule is N#Cc1ncccc1-c1cc(Cl)ccc1Cl. The third-order valence-electron chi connectivity index (χ3n) is 2.13. The first-order valence-corrected chi connectivity index (χ1v) is 5.28. The summed E-state index contributed by atoms with van der Waals surface area (Å²) >= 11 is 12.0. The van der Waals surface area contributed by atoms with Crippen LogP contribution in [0, 0.1) is 11.3 Å². The second kappa shape index (κ2) is 4.52. The number of nitrogens with zero attached hydrogens (tertiary/aromatic N) is 2. The number of halogens is 2. The first-order chi connectivity index (χ1) is 7.72. The highest BCUT2D eigenvalue weighted by atomic mass is 35.5. The number of pyridine rings is 1. The van der Waals surface area contributed by atoms with Gasteiger partial charge in [0.15, 0.2) is 0 Å². The summed E-state index contributed by atoms with van der Waals surface area (Å²) in [5, 5.41) is 10.1. The summed E-state index contributed by atoms with van der Waals surface area (Å²) in [4.78, 5) is 3.98. The van der Waals surface area contributed by atoms with Crippen LogP contribution in [0.1, 0.15) is 5.69 Å². The molecule has 4 heteroatoms. The molecule has 0 bridgehead atoms. The van der Waals surface area contributed by atoms with Gasteiger partial charge >= 0.3 is 0 Å². The molecule has 16 heavy (non-hydrogen) atoms. The van der Waals surface area contributed by atoms with Crippen LogP contribution in [0.5, 0.6) is 0 Å². The van der Waals surface area contributed by atoms with Crippen LogP contribution in [-0.2, 0) is 0 Å². The van der Waals surface area contributed by atoms with E-state index in [2.05, 4.69) is 4.98 Å². The zero-order valence-electron chi connectivity index (χ0n) is 8.11. The van der Waals surface area contributed by atoms with Gasteiger partial charge in [0.25, 0.3) is 0 Å². The summed E-state index contributed by atoms with van der Waals surface area (Å²) in [5.41, 5.74) is 1.75. The van der Waals surface area contributed by atoms with Gasteiger partial charge in [0, 0.05) is 27.4 Å². The molecule has 1 aromatic heterocycles. The van der Waals surface area contributed by atoms with Gasteiger partial charge < -0.3 is 0 Å². The summed E-state index contributed by atoms with van der Waals surface area (Å²) < 4.78 is 0. The van der Waals surface area contributed by atoms with Gasteiger partial charge in [-0.05, 0) is 30.3 Å². The van der Waals surface area contributed by atoms with Gasteiger partial charge in [-0.2, -0.15) is 5.26 Å². The topological polar surface area (TPSA) is 36.7 Å². The Morgan fingerprint density at radius 1 is 1.12 bits per heavy atom. The van der Waals surface area contributed by atoms with Crippen molar-refractivity contribution < 1.29 is 0 Å². The molecule has 0 amide bonds. The molecule has 0 saturated heterocycles. The molecule has 1 aromatic carbocycles. The Balaban J connectivity index is 2.68. The van der Waals surface area contributed by atoms with E-state index in [9.17, 15) is 0 Å². The lowest BCUT2D eigenvalue weighted by Gasteiger charge is -2.05. The molecule has 0 aliphatic heterocycles. The Bertz CT molecular complexity index is 573. The fourth-order valence-corrected chi connectivity index (χ4v) is 1.81. The van der Waals surface area contributed by atoms with Crippen LogP contribution in [0.3, 0.4) is 0 Å². The van der Waals surface area contributed by atoms with E-state index >= 15 is 0 Å². The number of benzene rings is 1. The van der Waals surface area contributed by atoms with Crippen LogP contribution in [0.25, 0.3) is 11.1 Å². The van der Waals surface area contributed by atoms with Crippen LogP contribution in [0.4, 0.5) is 0 Å². The molecule has 2 rings (SSSR count). The minimum Gasteiger partial charge on any atom is -0.245 e. The summed E-state index contributed by atoms with van der Waals surface area (Å²) in [6.45, 7) is 0. The Labute approximate surface area is 103 Å². The molecule has 0 radical (unpaired) electrons. The van der Waals surface area contributed by atoms with E-state index in [1.807, 2.05) is 6.07 Å². The number of aromatic nitrogens is 1. The lowest BCUT2D eigenvalue weighted by atomic mass is 10.0. The van der Waals surface area contributed by atoms with Gasteiger partial charge in [-0.15, -0.1) is 0 Å². The van der Waals surface area contributed by atoms with Gasteiger partial charge in [0.1, 0.15) is 11.8 Å². The van der Waals surface area contributed by atoms with Crippen molar-refractivity contribution in [3.8, 4) is 17.2 Å². The number of rotatable bonds is 1. The molecule has 0 aliphatic carbocycles. The van der Waals surface area contributed by atoms with E-state index in [1.165, 1.54) is 0 Å². The first-order valence-electron chi connectivity index (χ1n) is 4.53. The van der Waals surface area contributed by atoms with Gasteiger partial charge in [0.2, 0.25) is 0 Å². The highest BCUT2D eigenvalue weighted by molar-refractivity contribution is 6.35. The predicted molar refractivity (Wildman–Crippen MR) is 64.4 cm³/mol. The van der Waals surface area contributed by atoms with E-state index < -0.39 is 0 Å². The highest BCUT2D eigenvalue weighted by Gasteiger charge is 2.09. The first kappa shape index (κ1) is 10.9. The van der Waals surface area contributed by atoms with Crippen molar-refractivity contribution >= 4 is 23.2 Å². The Hall–Kier alpha value is -1.56. The fraction of sp³-hybridized carbons (Fsp3) is 0. The molecule has 0 unspecified atom stereocenters. The van der Waals surface area contributed by atoms with E-state index in [0.717, 1.165) is 5.56 Å². The second-order valence-corrected chi connectivity index (χ2v) is 3.98. The Morgan fingerprint density at radius 3 is 2.69 bits per heavy atom. The molecule has 0 atom stereocenters. The summed E-state index contributed by atoms with van der Waals surface area (Å²) in [7, 11) is 0. The van der Waals surface area contributed by atoms with E-state index in [4.69, 9.17) is 28.5 Å². The average molecular weight is 249 g/mol. The van der Waals surface area contributed by atoms with Crippen LogP contribution in [0.15, 0.2) is 36.5 Å². The highest BCUT2D eigenvalue weighted by Crippen LogP contribution is 2.31. The standard InChI is InChI=1S/C12H6Cl2N2/c13-8-3-4-11(14)10(6-8)9-2-1-5-16-12(9)7-15/h1-6H. The van der Waals surface area contributed by atoms with Crippen molar-refractivity contribution in [3.63, 3.8) is 0 Å². The van der Waals surface area contributed by atoms with E-state index in [0.29, 0.717) is 21.3 Å². The zero-order valence-corrected chi connectivity index (χ0v) is 9.63. The van der Waals surface area contributed by atoms with Crippen molar-refractivity contribution in [2.45, 2.75) is 0 Å². The quantitative estimate of drug-likeness (QED) is 0.767. The molecular formula is C12H6Cl2N2. The van der Waals surface area contributed by atoms with Crippen LogP contribution >= 0.6 is 23.2 Å². The van der Waals surface area contributed by atoms with Crippen molar-refractivity contribution in [1.29, 1.82) is 5.26 Å². The molecule has 0 saturated carbocycles. The number of nitriles is 1. The van der Waals surface area contributed by atoms with Crippen molar-refractivity contribution in [1.82, 2.24) is 4.98 Å². The maximum atomic E-state index is 8.95. The zero-order chi connectivity index (χ0) is 11.5. The van der Waals surface area contributed by atoms with E-state index in [-0.39, 0.29) is 0 Å². The van der Waals surface area contributed by atoms with Crippen molar-refractivity contribution in [2.75, 3.05) is 0 Å². The van der Waals surface area contributed by atoms with Crippen LogP contribution in [-0.4, -0.2) is 4.98 Å². The molecular weight excluding hydrogens is 243 g/mol. The Morgan fingerprint density at radius 2 is 1.94 bits per heavy atom. The largest absolute Gasteiger partial charge is 0.245 e. The maximum absolute atomic E-state index is 8.95. The normalized spacial score (nSPS) is 9.81. The molecule has 0 N–H and O–H groups in total. The van der Waals surface area contributed by atoms with Gasteiger partial charge in [-0.25, -0.2) is 4.98 Å². The monoisotopic (exact) mass is 248 g/mol. The van der Waals surface area contributed by atoms with E-state index in [1.54, 1.807) is 36.5 Å². The minimum atomic E-state index is 0.340. The van der Waals surface area contributed by atoms with Crippen LogP contribution in [0.2, 0.25) is 10.0 Å². The number of hydrogen-bond donors (Lipinski definition) is 0. The predicted octanol–water partition coefficient (Wildman–Crippen LogP) is 3.93. The summed E-state index contributed by atoms with van der Waals surface area (Å²) in [5.74, 6) is 0. The average Bonchev–Trinajstić information content (AvgIpc) is 2.32. The van der Waals surface area contributed by atoms with Gasteiger partial charge in [-0.3, -0.25) is 0 Å². The van der Waals surface area contributed by atoms with Crippen molar-refractivity contribution in [2.24, 2.45) is 0 Å². The summed E-state index contributed by atoms with van der Waals surface area (Å²) in [6.07, 6.45) is 1.57. The molecule has 78 valence electrons. The fourth-order valence-electron chi connectivity index (χ4n) is 1.42. The maximum Gasteiger partial charge on any atom is 0.148 e. The molecule has 2 nitrogen and oxygen atoms in total. The molecule has 2 aromatic rings. The molecule has 1 heterocycles. The van der Waals surface area contributed by atoms with Gasteiger partial charge in [-0.1, -0.05) is 23.2 Å². The van der Waals surface area contributed by atoms with Crippen LogP contribution < -0.4 is 0 Å².